The van der Waals surface area contributed by atoms with Crippen molar-refractivity contribution >= 4 is 30.5 Å². The third kappa shape index (κ3) is 4.45. The average molecular weight is 422 g/mol. The molecule has 0 aliphatic carbocycles. The molecule has 1 fully saturated rings. The van der Waals surface area contributed by atoms with Gasteiger partial charge in [0, 0.05) is 5.56 Å². The highest BCUT2D eigenvalue weighted by Crippen LogP contribution is 2.37. The summed E-state index contributed by atoms with van der Waals surface area (Å²) in [5.74, 6) is -0.278. The molecule has 3 rings (SSSR count). The summed E-state index contributed by atoms with van der Waals surface area (Å²) in [6.45, 7) is 16.8. The molecule has 0 unspecified atom stereocenters. The molecule has 1 aromatic heterocycles. The number of hydrogen-bond acceptors (Lipinski definition) is 7. The van der Waals surface area contributed by atoms with E-state index in [9.17, 15) is 9.59 Å². The Morgan fingerprint density at radius 2 is 1.87 bits per heavy atom. The van der Waals surface area contributed by atoms with E-state index in [1.54, 1.807) is 25.1 Å². The Labute approximate surface area is 181 Å². The van der Waals surface area contributed by atoms with Crippen LogP contribution in [0.1, 0.15) is 55.5 Å². The largest absolute Gasteiger partial charge is 0.495 e. The van der Waals surface area contributed by atoms with Crippen molar-refractivity contribution in [2.24, 2.45) is 0 Å². The fourth-order valence-electron chi connectivity index (χ4n) is 2.95. The molecule has 9 heteroatoms. The molecule has 31 heavy (non-hydrogen) atoms. The highest BCUT2D eigenvalue weighted by Gasteiger charge is 2.52. The molecule has 0 atom stereocenters. The minimum Gasteiger partial charge on any atom is -0.462 e. The third-order valence-corrected chi connectivity index (χ3v) is 5.35. The third-order valence-electron chi connectivity index (χ3n) is 5.35. The molecule has 0 radical (unpaired) electrons. The first-order valence-electron chi connectivity index (χ1n) is 9.80. The molecular formula is C22H23BN2O6. The van der Waals surface area contributed by atoms with E-state index in [0.717, 1.165) is 0 Å². The van der Waals surface area contributed by atoms with Crippen LogP contribution < -0.4 is 10.2 Å². The number of aldehydes is 1. The molecule has 0 bridgehead atoms. The fourth-order valence-corrected chi connectivity index (χ4v) is 2.95. The van der Waals surface area contributed by atoms with Crippen molar-refractivity contribution in [3.8, 4) is 11.6 Å². The van der Waals surface area contributed by atoms with Gasteiger partial charge < -0.3 is 18.8 Å². The van der Waals surface area contributed by atoms with E-state index in [0.29, 0.717) is 23.1 Å². The van der Waals surface area contributed by atoms with Crippen LogP contribution in [0.25, 0.3) is 4.85 Å². The molecule has 160 valence electrons. The summed E-state index contributed by atoms with van der Waals surface area (Å²) in [5.41, 5.74) is -0.200. The smallest absolute Gasteiger partial charge is 0.462 e. The maximum absolute atomic E-state index is 12.1. The van der Waals surface area contributed by atoms with Crippen LogP contribution in [0.4, 0.5) is 5.69 Å². The zero-order valence-electron chi connectivity index (χ0n) is 18.1. The topological polar surface area (TPSA) is 88.3 Å². The zero-order valence-corrected chi connectivity index (χ0v) is 18.1. The van der Waals surface area contributed by atoms with Crippen molar-refractivity contribution in [2.45, 2.75) is 45.8 Å². The van der Waals surface area contributed by atoms with Crippen LogP contribution in [0.2, 0.25) is 0 Å². The lowest BCUT2D eigenvalue weighted by Crippen LogP contribution is -2.41. The van der Waals surface area contributed by atoms with Gasteiger partial charge in [-0.3, -0.25) is 4.79 Å². The van der Waals surface area contributed by atoms with Gasteiger partial charge in [0.25, 0.3) is 0 Å². The average Bonchev–Trinajstić information content (AvgIpc) is 2.94. The van der Waals surface area contributed by atoms with E-state index in [-0.39, 0.29) is 23.9 Å². The predicted octanol–water partition coefficient (Wildman–Crippen LogP) is 3.71. The number of benzene rings is 1. The Hall–Kier alpha value is -3.22. The SMILES string of the molecule is [C-]#[N+]c1ccc(Oc2ccc(B3OC(C)(C)C(C)(C)O3)c(C=O)c2)nc1C(=O)OCC. The molecule has 0 saturated carbocycles. The second-order valence-corrected chi connectivity index (χ2v) is 7.95. The van der Waals surface area contributed by atoms with Crippen LogP contribution >= 0.6 is 0 Å². The normalized spacial score (nSPS) is 16.5. The Bertz CT molecular complexity index is 1040. The lowest BCUT2D eigenvalue weighted by Gasteiger charge is -2.32. The minimum absolute atomic E-state index is 0.0653. The summed E-state index contributed by atoms with van der Waals surface area (Å²) < 4.78 is 22.7. The maximum atomic E-state index is 12.1. The van der Waals surface area contributed by atoms with Crippen molar-refractivity contribution in [3.05, 3.63) is 53.0 Å². The molecule has 2 aromatic rings. The van der Waals surface area contributed by atoms with E-state index in [1.165, 1.54) is 12.1 Å². The summed E-state index contributed by atoms with van der Waals surface area (Å²) in [7, 11) is -0.689. The molecular weight excluding hydrogens is 399 g/mol. The number of esters is 1. The molecule has 0 N–H and O–H groups in total. The first-order valence-corrected chi connectivity index (χ1v) is 9.80. The number of carbonyl (C=O) groups is 2. The highest BCUT2D eigenvalue weighted by molar-refractivity contribution is 6.63. The molecule has 0 amide bonds. The van der Waals surface area contributed by atoms with Gasteiger partial charge in [-0.2, -0.15) is 0 Å². The van der Waals surface area contributed by atoms with Gasteiger partial charge in [-0.1, -0.05) is 6.07 Å². The summed E-state index contributed by atoms with van der Waals surface area (Å²) in [4.78, 5) is 31.2. The van der Waals surface area contributed by atoms with Crippen LogP contribution in [0, 0.1) is 6.57 Å². The molecule has 2 heterocycles. The first kappa shape index (κ1) is 22.5. The van der Waals surface area contributed by atoms with Gasteiger partial charge in [0.2, 0.25) is 11.6 Å². The molecule has 1 saturated heterocycles. The van der Waals surface area contributed by atoms with Gasteiger partial charge in [0.15, 0.2) is 5.69 Å². The van der Waals surface area contributed by atoms with E-state index in [4.69, 9.17) is 25.4 Å². The number of hydrogen-bond donors (Lipinski definition) is 0. The molecule has 8 nitrogen and oxygen atoms in total. The number of pyridine rings is 1. The van der Waals surface area contributed by atoms with Gasteiger partial charge in [0.05, 0.1) is 24.4 Å². The van der Waals surface area contributed by atoms with Crippen molar-refractivity contribution < 1.29 is 28.4 Å². The summed E-state index contributed by atoms with van der Waals surface area (Å²) in [6.07, 6.45) is 0.701. The maximum Gasteiger partial charge on any atom is 0.495 e. The van der Waals surface area contributed by atoms with Crippen molar-refractivity contribution in [2.75, 3.05) is 6.61 Å². The number of aromatic nitrogens is 1. The van der Waals surface area contributed by atoms with Crippen LogP contribution in [-0.2, 0) is 14.0 Å². The monoisotopic (exact) mass is 422 g/mol. The first-order chi connectivity index (χ1) is 14.6. The van der Waals surface area contributed by atoms with Gasteiger partial charge in [-0.25, -0.2) is 14.6 Å². The van der Waals surface area contributed by atoms with E-state index in [1.807, 2.05) is 27.7 Å². The van der Waals surface area contributed by atoms with E-state index >= 15 is 0 Å². The second-order valence-electron chi connectivity index (χ2n) is 7.95. The van der Waals surface area contributed by atoms with Crippen molar-refractivity contribution in [3.63, 3.8) is 0 Å². The molecule has 0 spiro atoms. The van der Waals surface area contributed by atoms with E-state index < -0.39 is 24.3 Å². The van der Waals surface area contributed by atoms with Gasteiger partial charge in [-0.05, 0) is 64.3 Å². The summed E-state index contributed by atoms with van der Waals surface area (Å²) in [6, 6.07) is 7.80. The second kappa shape index (κ2) is 8.50. The lowest BCUT2D eigenvalue weighted by atomic mass is 9.76. The highest BCUT2D eigenvalue weighted by atomic mass is 16.7. The Morgan fingerprint density at radius 1 is 1.19 bits per heavy atom. The summed E-state index contributed by atoms with van der Waals surface area (Å²) in [5, 5.41) is 0. The van der Waals surface area contributed by atoms with Gasteiger partial charge >= 0.3 is 13.1 Å². The van der Waals surface area contributed by atoms with Crippen LogP contribution in [-0.4, -0.2) is 42.2 Å². The number of carbonyl (C=O) groups excluding carboxylic acids is 2. The number of nitrogens with zero attached hydrogens (tertiary/aromatic N) is 2. The Balaban J connectivity index is 1.88. The summed E-state index contributed by atoms with van der Waals surface area (Å²) >= 11 is 0. The van der Waals surface area contributed by atoms with Gasteiger partial charge in [0.1, 0.15) is 12.0 Å². The fraction of sp³-hybridized carbons (Fsp3) is 0.364. The molecule has 1 aliphatic heterocycles. The predicted molar refractivity (Wildman–Crippen MR) is 114 cm³/mol. The van der Waals surface area contributed by atoms with E-state index in [2.05, 4.69) is 9.83 Å². The standard InChI is InChI=1S/C22H23BN2O6/c1-7-28-20(27)19-17(24-6)10-11-18(25-19)29-15-8-9-16(14(12-15)13-26)23-30-21(2,3)22(4,5)31-23/h8-13H,7H2,1-5H3. The molecule has 1 aromatic carbocycles. The van der Waals surface area contributed by atoms with Crippen molar-refractivity contribution in [1.29, 1.82) is 0 Å². The Morgan fingerprint density at radius 3 is 2.45 bits per heavy atom. The van der Waals surface area contributed by atoms with Gasteiger partial charge in [-0.15, -0.1) is 0 Å². The van der Waals surface area contributed by atoms with Crippen LogP contribution in [0.5, 0.6) is 11.6 Å². The Kier molecular flexibility index (Phi) is 6.16. The van der Waals surface area contributed by atoms with Crippen molar-refractivity contribution in [1.82, 2.24) is 4.98 Å². The number of ether oxygens (including phenoxy) is 2. The van der Waals surface area contributed by atoms with Crippen LogP contribution in [0.3, 0.4) is 0 Å². The lowest BCUT2D eigenvalue weighted by molar-refractivity contribution is 0.00578. The number of rotatable bonds is 6. The zero-order chi connectivity index (χ0) is 22.8. The van der Waals surface area contributed by atoms with Crippen LogP contribution in [0.15, 0.2) is 30.3 Å². The quantitative estimate of drug-likeness (QED) is 0.304. The molecule has 1 aliphatic rings. The minimum atomic E-state index is -0.705.